The first-order valence-corrected chi connectivity index (χ1v) is 7.29. The zero-order chi connectivity index (χ0) is 14.4. The Kier molecular flexibility index (Phi) is 6.02. The molecule has 1 atom stereocenters. The molecule has 0 aliphatic carbocycles. The molecule has 0 saturated carbocycles. The molecular weight excluding hydrogens is 262 g/mol. The van der Waals surface area contributed by atoms with Crippen molar-refractivity contribution in [2.24, 2.45) is 5.92 Å². The fourth-order valence-corrected chi connectivity index (χ4v) is 2.73. The Balaban J connectivity index is 2.33. The molecule has 1 heterocycles. The van der Waals surface area contributed by atoms with Gasteiger partial charge in [0.15, 0.2) is 0 Å². The summed E-state index contributed by atoms with van der Waals surface area (Å²) in [5.74, 6) is -1.27. The van der Waals surface area contributed by atoms with Crippen LogP contribution >= 0.6 is 11.3 Å². The predicted octanol–water partition coefficient (Wildman–Crippen LogP) is 2.60. The number of aryl methyl sites for hydroxylation is 2. The molecule has 0 bridgehead atoms. The topological polar surface area (TPSA) is 66.4 Å². The van der Waals surface area contributed by atoms with Crippen LogP contribution in [-0.4, -0.2) is 23.0 Å². The molecule has 0 aliphatic heterocycles. The zero-order valence-corrected chi connectivity index (χ0v) is 12.4. The number of thiophene rings is 1. The van der Waals surface area contributed by atoms with Gasteiger partial charge in [-0.25, -0.2) is 4.79 Å². The standard InChI is InChI=1S/C14H21NO3S/c1-9(2)13(14(17)18)15-12(16)6-4-5-11-8-7-10(3)19-11/h7-9,13H,4-6H2,1-3H3,(H,15,16)(H,17,18)/t13-/m0/s1. The van der Waals surface area contributed by atoms with Crippen molar-refractivity contribution < 1.29 is 14.7 Å². The summed E-state index contributed by atoms with van der Waals surface area (Å²) in [6.45, 7) is 5.63. The first-order valence-electron chi connectivity index (χ1n) is 6.47. The summed E-state index contributed by atoms with van der Waals surface area (Å²) in [5.41, 5.74) is 0. The summed E-state index contributed by atoms with van der Waals surface area (Å²) in [4.78, 5) is 25.2. The monoisotopic (exact) mass is 283 g/mol. The second-order valence-electron chi connectivity index (χ2n) is 4.99. The van der Waals surface area contributed by atoms with Crippen molar-refractivity contribution >= 4 is 23.2 Å². The molecule has 0 saturated heterocycles. The molecule has 2 N–H and O–H groups in total. The zero-order valence-electron chi connectivity index (χ0n) is 11.6. The van der Waals surface area contributed by atoms with Gasteiger partial charge in [0.25, 0.3) is 0 Å². The minimum absolute atomic E-state index is 0.110. The summed E-state index contributed by atoms with van der Waals surface area (Å²) in [6, 6.07) is 3.35. The summed E-state index contributed by atoms with van der Waals surface area (Å²) in [6.07, 6.45) is 1.98. The molecule has 0 spiro atoms. The minimum atomic E-state index is -0.975. The molecule has 0 unspecified atom stereocenters. The molecule has 1 aromatic rings. The van der Waals surface area contributed by atoms with Gasteiger partial charge in [-0.15, -0.1) is 11.3 Å². The van der Waals surface area contributed by atoms with Crippen LogP contribution in [0.2, 0.25) is 0 Å². The average Bonchev–Trinajstić information content (AvgIpc) is 2.71. The van der Waals surface area contributed by atoms with Crippen LogP contribution in [0.3, 0.4) is 0 Å². The van der Waals surface area contributed by atoms with Crippen LogP contribution in [0.15, 0.2) is 12.1 Å². The minimum Gasteiger partial charge on any atom is -0.480 e. The number of hydrogen-bond donors (Lipinski definition) is 2. The van der Waals surface area contributed by atoms with E-state index in [1.807, 2.05) is 0 Å². The van der Waals surface area contributed by atoms with Crippen LogP contribution in [0.5, 0.6) is 0 Å². The normalized spacial score (nSPS) is 12.4. The van der Waals surface area contributed by atoms with Crippen LogP contribution in [0.1, 0.15) is 36.4 Å². The van der Waals surface area contributed by atoms with Gasteiger partial charge in [-0.05, 0) is 37.8 Å². The number of rotatable bonds is 7. The van der Waals surface area contributed by atoms with Crippen LogP contribution in [-0.2, 0) is 16.0 Å². The number of amides is 1. The molecule has 1 aromatic heterocycles. The lowest BCUT2D eigenvalue weighted by molar-refractivity contribution is -0.143. The third-order valence-corrected chi connectivity index (χ3v) is 3.93. The van der Waals surface area contributed by atoms with Gasteiger partial charge in [-0.2, -0.15) is 0 Å². The van der Waals surface area contributed by atoms with E-state index in [-0.39, 0.29) is 11.8 Å². The number of nitrogens with one attached hydrogen (secondary N) is 1. The Morgan fingerprint density at radius 1 is 1.37 bits per heavy atom. The molecule has 1 amide bonds. The van der Waals surface area contributed by atoms with E-state index in [4.69, 9.17) is 5.11 Å². The second kappa shape index (κ2) is 7.28. The van der Waals surface area contributed by atoms with Gasteiger partial charge >= 0.3 is 5.97 Å². The van der Waals surface area contributed by atoms with Crippen molar-refractivity contribution in [3.63, 3.8) is 0 Å². The number of carboxylic acid groups (broad SMARTS) is 1. The molecular formula is C14H21NO3S. The van der Waals surface area contributed by atoms with Gasteiger partial charge < -0.3 is 10.4 Å². The van der Waals surface area contributed by atoms with Gasteiger partial charge in [-0.3, -0.25) is 4.79 Å². The number of hydrogen-bond acceptors (Lipinski definition) is 3. The van der Waals surface area contributed by atoms with E-state index in [9.17, 15) is 9.59 Å². The lowest BCUT2D eigenvalue weighted by Crippen LogP contribution is -2.44. The maximum atomic E-state index is 11.7. The van der Waals surface area contributed by atoms with Crippen LogP contribution in [0.25, 0.3) is 0 Å². The Labute approximate surface area is 117 Å². The van der Waals surface area contributed by atoms with Crippen molar-refractivity contribution in [2.75, 3.05) is 0 Å². The highest BCUT2D eigenvalue weighted by Crippen LogP contribution is 2.17. The van der Waals surface area contributed by atoms with Gasteiger partial charge in [0, 0.05) is 16.2 Å². The van der Waals surface area contributed by atoms with E-state index in [0.717, 1.165) is 12.8 Å². The van der Waals surface area contributed by atoms with Crippen molar-refractivity contribution in [3.8, 4) is 0 Å². The fourth-order valence-electron chi connectivity index (χ4n) is 1.80. The lowest BCUT2D eigenvalue weighted by atomic mass is 10.0. The van der Waals surface area contributed by atoms with Crippen molar-refractivity contribution in [1.82, 2.24) is 5.32 Å². The Morgan fingerprint density at radius 3 is 2.53 bits per heavy atom. The maximum Gasteiger partial charge on any atom is 0.326 e. The van der Waals surface area contributed by atoms with Gasteiger partial charge in [0.2, 0.25) is 5.91 Å². The lowest BCUT2D eigenvalue weighted by Gasteiger charge is -2.17. The highest BCUT2D eigenvalue weighted by Gasteiger charge is 2.22. The molecule has 0 aromatic carbocycles. The summed E-state index contributed by atoms with van der Waals surface area (Å²) in [7, 11) is 0. The molecule has 1 rings (SSSR count). The van der Waals surface area contributed by atoms with E-state index >= 15 is 0 Å². The van der Waals surface area contributed by atoms with Crippen molar-refractivity contribution in [1.29, 1.82) is 0 Å². The quantitative estimate of drug-likeness (QED) is 0.808. The molecule has 106 valence electrons. The van der Waals surface area contributed by atoms with E-state index in [0.29, 0.717) is 6.42 Å². The largest absolute Gasteiger partial charge is 0.480 e. The van der Waals surface area contributed by atoms with Crippen LogP contribution in [0, 0.1) is 12.8 Å². The van der Waals surface area contributed by atoms with Crippen molar-refractivity contribution in [3.05, 3.63) is 21.9 Å². The average molecular weight is 283 g/mol. The molecule has 0 fully saturated rings. The summed E-state index contributed by atoms with van der Waals surface area (Å²) >= 11 is 1.74. The Hall–Kier alpha value is -1.36. The van der Waals surface area contributed by atoms with E-state index in [2.05, 4.69) is 24.4 Å². The first-order chi connectivity index (χ1) is 8.90. The molecule has 0 aliphatic rings. The van der Waals surface area contributed by atoms with Gasteiger partial charge in [-0.1, -0.05) is 13.8 Å². The summed E-state index contributed by atoms with van der Waals surface area (Å²) < 4.78 is 0. The predicted molar refractivity (Wildman–Crippen MR) is 76.4 cm³/mol. The van der Waals surface area contributed by atoms with E-state index in [1.54, 1.807) is 25.2 Å². The molecule has 0 radical (unpaired) electrons. The van der Waals surface area contributed by atoms with Crippen LogP contribution < -0.4 is 5.32 Å². The first kappa shape index (κ1) is 15.7. The fraction of sp³-hybridized carbons (Fsp3) is 0.571. The molecule has 5 heteroatoms. The third-order valence-electron chi connectivity index (χ3n) is 2.87. The van der Waals surface area contributed by atoms with E-state index in [1.165, 1.54) is 9.75 Å². The Morgan fingerprint density at radius 2 is 2.05 bits per heavy atom. The van der Waals surface area contributed by atoms with Gasteiger partial charge in [0.1, 0.15) is 6.04 Å². The third kappa shape index (κ3) is 5.42. The van der Waals surface area contributed by atoms with Crippen LogP contribution in [0.4, 0.5) is 0 Å². The summed E-state index contributed by atoms with van der Waals surface area (Å²) in [5, 5.41) is 11.6. The van der Waals surface area contributed by atoms with Crippen molar-refractivity contribution in [2.45, 2.75) is 46.1 Å². The SMILES string of the molecule is Cc1ccc(CCCC(=O)N[C@H](C(=O)O)C(C)C)s1. The highest BCUT2D eigenvalue weighted by atomic mass is 32.1. The second-order valence-corrected chi connectivity index (χ2v) is 6.37. The van der Waals surface area contributed by atoms with Gasteiger partial charge in [0.05, 0.1) is 0 Å². The highest BCUT2D eigenvalue weighted by molar-refractivity contribution is 7.11. The number of carboxylic acids is 1. The van der Waals surface area contributed by atoms with E-state index < -0.39 is 12.0 Å². The molecule has 4 nitrogen and oxygen atoms in total. The maximum absolute atomic E-state index is 11.7. The Bertz CT molecular complexity index is 440. The smallest absolute Gasteiger partial charge is 0.326 e. The number of aliphatic carboxylic acids is 1. The molecule has 19 heavy (non-hydrogen) atoms. The number of carbonyl (C=O) groups is 2. The number of carbonyl (C=O) groups excluding carboxylic acids is 1.